The third-order valence-corrected chi connectivity index (χ3v) is 2.46. The van der Waals surface area contributed by atoms with Crippen LogP contribution in [0.4, 0.5) is 0 Å². The Balaban J connectivity index is -0.000000276. The average molecular weight is 338 g/mol. The minimum absolute atomic E-state index is 0.0208. The molecule has 0 aliphatic carbocycles. The summed E-state index contributed by atoms with van der Waals surface area (Å²) in [6, 6.07) is -1.43. The Morgan fingerprint density at radius 3 is 1.52 bits per heavy atom. The summed E-state index contributed by atoms with van der Waals surface area (Å²) in [6.07, 6.45) is 2.16. The molecule has 0 amide bonds. The summed E-state index contributed by atoms with van der Waals surface area (Å²) in [5.74, 6) is -2.81. The highest BCUT2D eigenvalue weighted by atomic mass is 16.4. The Morgan fingerprint density at radius 1 is 0.913 bits per heavy atom. The van der Waals surface area contributed by atoms with Crippen LogP contribution in [0.3, 0.4) is 0 Å². The molecule has 2 atom stereocenters. The van der Waals surface area contributed by atoms with Gasteiger partial charge in [-0.3, -0.25) is 14.4 Å². The number of carboxylic acid groups (broad SMARTS) is 3. The predicted octanol–water partition coefficient (Wildman–Crippen LogP) is -1.39. The maximum atomic E-state index is 10.1. The van der Waals surface area contributed by atoms with E-state index in [0.717, 1.165) is 12.8 Å². The maximum Gasteiger partial charge on any atom is 0.320 e. The molecule has 0 aromatic carbocycles. The van der Waals surface area contributed by atoms with Crippen LogP contribution in [0.1, 0.15) is 33.1 Å². The molecule has 0 aliphatic heterocycles. The fourth-order valence-electron chi connectivity index (χ4n) is 0.917. The lowest BCUT2D eigenvalue weighted by Crippen LogP contribution is -2.34. The third-order valence-electron chi connectivity index (χ3n) is 2.46. The first-order valence-electron chi connectivity index (χ1n) is 7.09. The molecule has 0 fully saturated rings. The first-order chi connectivity index (χ1) is 10.5. The maximum absolute atomic E-state index is 10.1. The van der Waals surface area contributed by atoms with E-state index in [0.29, 0.717) is 13.0 Å². The quantitative estimate of drug-likeness (QED) is 0.257. The Labute approximate surface area is 135 Å². The third kappa shape index (κ3) is 22.7. The van der Waals surface area contributed by atoms with Crippen molar-refractivity contribution >= 4 is 17.9 Å². The van der Waals surface area contributed by atoms with Crippen LogP contribution in [-0.2, 0) is 14.4 Å². The molecule has 10 nitrogen and oxygen atoms in total. The van der Waals surface area contributed by atoms with Crippen molar-refractivity contribution in [2.24, 2.45) is 28.9 Å². The molecule has 0 aromatic heterocycles. The monoisotopic (exact) mass is 338 g/mol. The highest BCUT2D eigenvalue weighted by Crippen LogP contribution is 1.97. The van der Waals surface area contributed by atoms with Gasteiger partial charge in [0, 0.05) is 0 Å². The van der Waals surface area contributed by atoms with Crippen LogP contribution in [-0.4, -0.2) is 58.4 Å². The number of unbranched alkanes of at least 4 members (excludes halogenated alkanes) is 1. The van der Waals surface area contributed by atoms with Gasteiger partial charge in [0.2, 0.25) is 0 Å². The summed E-state index contributed by atoms with van der Waals surface area (Å²) in [5, 5.41) is 24.1. The molecule has 10 heteroatoms. The summed E-state index contributed by atoms with van der Waals surface area (Å²) in [7, 11) is 0. The molecule has 0 bridgehead atoms. The van der Waals surface area contributed by atoms with Gasteiger partial charge in [0.05, 0.1) is 6.54 Å². The number of aliphatic carboxylic acids is 3. The molecule has 23 heavy (non-hydrogen) atoms. The van der Waals surface area contributed by atoms with E-state index >= 15 is 0 Å². The zero-order chi connectivity index (χ0) is 19.0. The van der Waals surface area contributed by atoms with Gasteiger partial charge < -0.3 is 38.3 Å². The lowest BCUT2D eigenvalue weighted by atomic mass is 10.1. The van der Waals surface area contributed by atoms with Crippen LogP contribution in [0, 0.1) is 5.92 Å². The zero-order valence-electron chi connectivity index (χ0n) is 13.6. The molecule has 0 heterocycles. The second kappa shape index (κ2) is 16.6. The average Bonchev–Trinajstić information content (AvgIpc) is 2.47. The molecule has 138 valence electrons. The molecule has 0 rings (SSSR count). The lowest BCUT2D eigenvalue weighted by molar-refractivity contribution is -0.140. The smallest absolute Gasteiger partial charge is 0.320 e. The molecule has 11 N–H and O–H groups in total. The van der Waals surface area contributed by atoms with Gasteiger partial charge in [-0.25, -0.2) is 0 Å². The number of hydrogen-bond donors (Lipinski definition) is 7. The van der Waals surface area contributed by atoms with Crippen LogP contribution < -0.4 is 22.9 Å². The van der Waals surface area contributed by atoms with Crippen LogP contribution in [0.25, 0.3) is 0 Å². The van der Waals surface area contributed by atoms with Crippen molar-refractivity contribution < 1.29 is 29.7 Å². The van der Waals surface area contributed by atoms with Crippen LogP contribution in [0.15, 0.2) is 0 Å². The van der Waals surface area contributed by atoms with E-state index in [1.807, 2.05) is 0 Å². The minimum atomic E-state index is -0.968. The van der Waals surface area contributed by atoms with Crippen molar-refractivity contribution in [1.82, 2.24) is 0 Å². The Bertz CT molecular complexity index is 338. The fourth-order valence-corrected chi connectivity index (χ4v) is 0.917. The molecule has 0 aromatic rings. The SMILES string of the molecule is CC(C)C(N)C(=O)O.NCC(=O)O.NCCCCC(N)C(=O)O. The number of rotatable bonds is 8. The van der Waals surface area contributed by atoms with Gasteiger partial charge >= 0.3 is 17.9 Å². The molecule has 0 saturated heterocycles. The van der Waals surface area contributed by atoms with E-state index in [9.17, 15) is 14.4 Å². The summed E-state index contributed by atoms with van der Waals surface area (Å²) in [6.45, 7) is 3.88. The Kier molecular flexibility index (Phi) is 18.9. The summed E-state index contributed by atoms with van der Waals surface area (Å²) in [5.41, 5.74) is 20.2. The van der Waals surface area contributed by atoms with Crippen LogP contribution >= 0.6 is 0 Å². The highest BCUT2D eigenvalue weighted by Gasteiger charge is 2.14. The molecule has 0 aliphatic rings. The predicted molar refractivity (Wildman–Crippen MR) is 85.7 cm³/mol. The molecular formula is C13H30N4O6. The molecule has 0 saturated carbocycles. The van der Waals surface area contributed by atoms with Gasteiger partial charge in [-0.05, 0) is 25.3 Å². The summed E-state index contributed by atoms with van der Waals surface area (Å²) < 4.78 is 0. The van der Waals surface area contributed by atoms with Crippen molar-refractivity contribution in [2.45, 2.75) is 45.2 Å². The van der Waals surface area contributed by atoms with E-state index in [1.165, 1.54) is 0 Å². The Morgan fingerprint density at radius 2 is 1.35 bits per heavy atom. The van der Waals surface area contributed by atoms with Crippen molar-refractivity contribution in [2.75, 3.05) is 13.1 Å². The Hall–Kier alpha value is -1.75. The molecule has 0 spiro atoms. The number of carbonyl (C=O) groups is 3. The van der Waals surface area contributed by atoms with E-state index in [2.05, 4.69) is 5.73 Å². The van der Waals surface area contributed by atoms with E-state index in [-0.39, 0.29) is 12.5 Å². The summed E-state index contributed by atoms with van der Waals surface area (Å²) in [4.78, 5) is 29.4. The van der Waals surface area contributed by atoms with Crippen LogP contribution in [0.2, 0.25) is 0 Å². The lowest BCUT2D eigenvalue weighted by Gasteiger charge is -2.07. The van der Waals surface area contributed by atoms with E-state index < -0.39 is 30.0 Å². The minimum Gasteiger partial charge on any atom is -0.480 e. The number of nitrogens with two attached hydrogens (primary N) is 4. The standard InChI is InChI=1S/C6H14N2O2.C5H11NO2.C2H5NO2/c7-4-2-1-3-5(8)6(9)10;1-3(2)4(6)5(7)8;3-1-2(4)5/h5H,1-4,7-8H2,(H,9,10);3-4H,6H2,1-2H3,(H,7,8);1,3H2,(H,4,5). The van der Waals surface area contributed by atoms with Gasteiger partial charge in [-0.1, -0.05) is 20.3 Å². The normalized spacial score (nSPS) is 12.1. The van der Waals surface area contributed by atoms with Crippen molar-refractivity contribution in [3.63, 3.8) is 0 Å². The second-order valence-corrected chi connectivity index (χ2v) is 4.94. The van der Waals surface area contributed by atoms with Gasteiger partial charge in [-0.2, -0.15) is 0 Å². The fraction of sp³-hybridized carbons (Fsp3) is 0.769. The van der Waals surface area contributed by atoms with Gasteiger partial charge in [0.15, 0.2) is 0 Å². The number of carboxylic acids is 3. The highest BCUT2D eigenvalue weighted by molar-refractivity contribution is 5.73. The summed E-state index contributed by atoms with van der Waals surface area (Å²) >= 11 is 0. The second-order valence-electron chi connectivity index (χ2n) is 4.94. The topological polar surface area (TPSA) is 216 Å². The molecule has 0 radical (unpaired) electrons. The zero-order valence-corrected chi connectivity index (χ0v) is 13.6. The van der Waals surface area contributed by atoms with E-state index in [1.54, 1.807) is 13.8 Å². The molecular weight excluding hydrogens is 308 g/mol. The number of hydrogen-bond acceptors (Lipinski definition) is 7. The first kappa shape index (κ1) is 26.2. The van der Waals surface area contributed by atoms with Crippen molar-refractivity contribution in [3.05, 3.63) is 0 Å². The largest absolute Gasteiger partial charge is 0.480 e. The molecule has 2 unspecified atom stereocenters. The van der Waals surface area contributed by atoms with Crippen molar-refractivity contribution in [3.8, 4) is 0 Å². The van der Waals surface area contributed by atoms with E-state index in [4.69, 9.17) is 32.5 Å². The first-order valence-corrected chi connectivity index (χ1v) is 7.09. The van der Waals surface area contributed by atoms with Gasteiger partial charge in [-0.15, -0.1) is 0 Å². The van der Waals surface area contributed by atoms with Crippen LogP contribution in [0.5, 0.6) is 0 Å². The van der Waals surface area contributed by atoms with Gasteiger partial charge in [0.1, 0.15) is 12.1 Å². The van der Waals surface area contributed by atoms with Gasteiger partial charge in [0.25, 0.3) is 0 Å². The van der Waals surface area contributed by atoms with Crippen molar-refractivity contribution in [1.29, 1.82) is 0 Å².